The predicted molar refractivity (Wildman–Crippen MR) is 49.1 cm³/mol. The maximum Gasteiger partial charge on any atom is 0.129 e. The van der Waals surface area contributed by atoms with Crippen molar-refractivity contribution >= 4 is 23.4 Å². The second-order valence-electron chi connectivity index (χ2n) is 2.54. The number of fused-ring (bicyclic) bond motifs is 1. The number of nitrogens with zero attached hydrogens (tertiary/aromatic N) is 1. The third-order valence-corrected chi connectivity index (χ3v) is 2.99. The van der Waals surface area contributed by atoms with Crippen molar-refractivity contribution in [1.82, 2.24) is 4.98 Å². The van der Waals surface area contributed by atoms with E-state index in [-0.39, 0.29) is 0 Å². The molecular formula is C8H8ClNS. The van der Waals surface area contributed by atoms with Gasteiger partial charge in [0.05, 0.1) is 0 Å². The van der Waals surface area contributed by atoms with Gasteiger partial charge in [-0.15, -0.1) is 0 Å². The van der Waals surface area contributed by atoms with Crippen molar-refractivity contribution in [1.29, 1.82) is 0 Å². The molecule has 0 radical (unpaired) electrons. The van der Waals surface area contributed by atoms with Gasteiger partial charge >= 0.3 is 0 Å². The van der Waals surface area contributed by atoms with Crippen LogP contribution in [0.5, 0.6) is 0 Å². The fraction of sp³-hybridized carbons (Fsp3) is 0.375. The van der Waals surface area contributed by atoms with Gasteiger partial charge in [0.15, 0.2) is 0 Å². The summed E-state index contributed by atoms with van der Waals surface area (Å²) in [4.78, 5) is 4.27. The summed E-state index contributed by atoms with van der Waals surface area (Å²) >= 11 is 7.72. The van der Waals surface area contributed by atoms with Gasteiger partial charge in [0.1, 0.15) is 5.15 Å². The quantitative estimate of drug-likeness (QED) is 0.577. The highest BCUT2D eigenvalue weighted by atomic mass is 35.5. The number of thioether (sulfide) groups is 1. The highest BCUT2D eigenvalue weighted by Crippen LogP contribution is 2.23. The lowest BCUT2D eigenvalue weighted by Crippen LogP contribution is -2.04. The summed E-state index contributed by atoms with van der Waals surface area (Å²) in [7, 11) is 0. The number of aromatic nitrogens is 1. The molecule has 0 saturated heterocycles. The van der Waals surface area contributed by atoms with Gasteiger partial charge in [0.25, 0.3) is 0 Å². The van der Waals surface area contributed by atoms with Crippen molar-refractivity contribution in [2.45, 2.75) is 12.2 Å². The molecule has 0 unspecified atom stereocenters. The van der Waals surface area contributed by atoms with Gasteiger partial charge in [0, 0.05) is 11.4 Å². The molecule has 1 aliphatic heterocycles. The summed E-state index contributed by atoms with van der Waals surface area (Å²) < 4.78 is 0. The van der Waals surface area contributed by atoms with Crippen molar-refractivity contribution in [3.05, 3.63) is 28.5 Å². The fourth-order valence-corrected chi connectivity index (χ4v) is 2.33. The number of aryl methyl sites for hydroxylation is 1. The first-order valence-corrected chi connectivity index (χ1v) is 5.11. The lowest BCUT2D eigenvalue weighted by atomic mass is 10.2. The van der Waals surface area contributed by atoms with Gasteiger partial charge in [0.2, 0.25) is 0 Å². The number of pyridine rings is 1. The van der Waals surface area contributed by atoms with Gasteiger partial charge in [-0.3, -0.25) is 0 Å². The summed E-state index contributed by atoms with van der Waals surface area (Å²) in [6.45, 7) is 0. The molecule has 0 atom stereocenters. The average molecular weight is 186 g/mol. The van der Waals surface area contributed by atoms with Crippen molar-refractivity contribution in [3.63, 3.8) is 0 Å². The average Bonchev–Trinajstić information content (AvgIpc) is 2.04. The van der Waals surface area contributed by atoms with Crippen LogP contribution in [0.25, 0.3) is 0 Å². The van der Waals surface area contributed by atoms with Crippen molar-refractivity contribution in [2.24, 2.45) is 0 Å². The monoisotopic (exact) mass is 185 g/mol. The molecule has 1 aromatic heterocycles. The molecule has 0 bridgehead atoms. The summed E-state index contributed by atoms with van der Waals surface area (Å²) in [5, 5.41) is 0.621. The molecule has 0 saturated carbocycles. The van der Waals surface area contributed by atoms with Crippen LogP contribution in [-0.2, 0) is 12.2 Å². The van der Waals surface area contributed by atoms with E-state index >= 15 is 0 Å². The van der Waals surface area contributed by atoms with Crippen molar-refractivity contribution < 1.29 is 0 Å². The molecule has 0 spiro atoms. The number of hydrogen-bond acceptors (Lipinski definition) is 2. The summed E-state index contributed by atoms with van der Waals surface area (Å²) in [5.74, 6) is 2.28. The molecule has 1 aliphatic rings. The minimum absolute atomic E-state index is 0.621. The SMILES string of the molecule is Clc1ccc2c(n1)CCSC2. The van der Waals surface area contributed by atoms with E-state index in [1.807, 2.05) is 17.8 Å². The number of rotatable bonds is 0. The molecule has 58 valence electrons. The Labute approximate surface area is 75.2 Å². The van der Waals surface area contributed by atoms with Crippen LogP contribution in [-0.4, -0.2) is 10.7 Å². The third kappa shape index (κ3) is 1.52. The first-order valence-electron chi connectivity index (χ1n) is 3.58. The minimum Gasteiger partial charge on any atom is -0.241 e. The zero-order valence-corrected chi connectivity index (χ0v) is 7.58. The van der Waals surface area contributed by atoms with Gasteiger partial charge in [-0.2, -0.15) is 11.8 Å². The Hall–Kier alpha value is -0.210. The first-order chi connectivity index (χ1) is 5.36. The Kier molecular flexibility index (Phi) is 2.05. The number of hydrogen-bond donors (Lipinski definition) is 0. The van der Waals surface area contributed by atoms with Gasteiger partial charge in [-0.1, -0.05) is 17.7 Å². The number of halogens is 1. The first kappa shape index (κ1) is 7.44. The van der Waals surface area contributed by atoms with E-state index in [9.17, 15) is 0 Å². The summed E-state index contributed by atoms with van der Waals surface area (Å²) in [6, 6.07) is 3.95. The molecule has 0 aromatic carbocycles. The Bertz CT molecular complexity index is 275. The molecular weight excluding hydrogens is 178 g/mol. The van der Waals surface area contributed by atoms with Crippen LogP contribution < -0.4 is 0 Å². The molecule has 2 rings (SSSR count). The zero-order chi connectivity index (χ0) is 7.68. The Morgan fingerprint density at radius 3 is 3.27 bits per heavy atom. The largest absolute Gasteiger partial charge is 0.241 e. The van der Waals surface area contributed by atoms with E-state index in [0.717, 1.165) is 12.2 Å². The Balaban J connectivity index is 2.43. The van der Waals surface area contributed by atoms with Gasteiger partial charge in [-0.05, 0) is 23.8 Å². The summed E-state index contributed by atoms with van der Waals surface area (Å²) in [5.41, 5.74) is 2.54. The maximum absolute atomic E-state index is 5.76. The molecule has 1 aromatic rings. The van der Waals surface area contributed by atoms with Gasteiger partial charge in [-0.25, -0.2) is 4.98 Å². The Morgan fingerprint density at radius 1 is 1.45 bits per heavy atom. The fourth-order valence-electron chi connectivity index (χ4n) is 1.20. The van der Waals surface area contributed by atoms with Crippen LogP contribution in [0.15, 0.2) is 12.1 Å². The van der Waals surface area contributed by atoms with Crippen LogP contribution >= 0.6 is 23.4 Å². The van der Waals surface area contributed by atoms with Crippen LogP contribution in [0.1, 0.15) is 11.3 Å². The van der Waals surface area contributed by atoms with E-state index < -0.39 is 0 Å². The van der Waals surface area contributed by atoms with Crippen molar-refractivity contribution in [2.75, 3.05) is 5.75 Å². The van der Waals surface area contributed by atoms with E-state index in [4.69, 9.17) is 11.6 Å². The zero-order valence-electron chi connectivity index (χ0n) is 6.01. The Morgan fingerprint density at radius 2 is 2.36 bits per heavy atom. The highest BCUT2D eigenvalue weighted by Gasteiger charge is 2.09. The maximum atomic E-state index is 5.76. The van der Waals surface area contributed by atoms with E-state index in [2.05, 4.69) is 11.1 Å². The lowest BCUT2D eigenvalue weighted by molar-refractivity contribution is 0.992. The van der Waals surface area contributed by atoms with Crippen LogP contribution in [0.4, 0.5) is 0 Å². The molecule has 0 aliphatic carbocycles. The molecule has 1 nitrogen and oxygen atoms in total. The van der Waals surface area contributed by atoms with Crippen molar-refractivity contribution in [3.8, 4) is 0 Å². The molecule has 2 heterocycles. The smallest absolute Gasteiger partial charge is 0.129 e. The molecule has 0 fully saturated rings. The lowest BCUT2D eigenvalue weighted by Gasteiger charge is -2.13. The van der Waals surface area contributed by atoms with E-state index in [1.54, 1.807) is 0 Å². The predicted octanol–water partition coefficient (Wildman–Crippen LogP) is 2.52. The van der Waals surface area contributed by atoms with Gasteiger partial charge < -0.3 is 0 Å². The van der Waals surface area contributed by atoms with Crippen LogP contribution in [0, 0.1) is 0 Å². The third-order valence-electron chi connectivity index (χ3n) is 1.78. The van der Waals surface area contributed by atoms with E-state index in [0.29, 0.717) is 5.15 Å². The van der Waals surface area contributed by atoms with Crippen LogP contribution in [0.3, 0.4) is 0 Å². The highest BCUT2D eigenvalue weighted by molar-refractivity contribution is 7.98. The normalized spacial score (nSPS) is 16.1. The molecule has 0 N–H and O–H groups in total. The molecule has 11 heavy (non-hydrogen) atoms. The second kappa shape index (κ2) is 3.03. The molecule has 3 heteroatoms. The summed E-state index contributed by atoms with van der Waals surface area (Å²) in [6.07, 6.45) is 1.07. The molecule has 0 amide bonds. The van der Waals surface area contributed by atoms with Crippen LogP contribution in [0.2, 0.25) is 5.15 Å². The standard InChI is InChI=1S/C8H8ClNS/c9-8-2-1-6-5-11-4-3-7(6)10-8/h1-2H,3-5H2. The topological polar surface area (TPSA) is 12.9 Å². The minimum atomic E-state index is 0.621. The van der Waals surface area contributed by atoms with E-state index in [1.165, 1.54) is 17.0 Å². The second-order valence-corrected chi connectivity index (χ2v) is 4.03.